The summed E-state index contributed by atoms with van der Waals surface area (Å²) in [6.07, 6.45) is 0. The summed E-state index contributed by atoms with van der Waals surface area (Å²) in [5.41, 5.74) is 1.15. The van der Waals surface area contributed by atoms with Gasteiger partial charge in [-0.15, -0.1) is 11.3 Å². The van der Waals surface area contributed by atoms with Gasteiger partial charge in [-0.3, -0.25) is 14.9 Å². The molecule has 0 aliphatic carbocycles. The van der Waals surface area contributed by atoms with Crippen molar-refractivity contribution in [2.45, 2.75) is 0 Å². The fraction of sp³-hybridized carbons (Fsp3) is 0.222. The van der Waals surface area contributed by atoms with Gasteiger partial charge in [0.15, 0.2) is 11.5 Å². The number of non-ortho nitro benzene ring substituents is 1. The molecule has 1 aliphatic rings. The van der Waals surface area contributed by atoms with Crippen LogP contribution in [-0.2, 0) is 0 Å². The van der Waals surface area contributed by atoms with Gasteiger partial charge in [0.25, 0.3) is 11.6 Å². The number of hydrogen-bond donors (Lipinski definition) is 0. The molecule has 1 amide bonds. The van der Waals surface area contributed by atoms with Crippen LogP contribution in [0.4, 0.5) is 11.4 Å². The average molecular weight is 384 g/mol. The van der Waals surface area contributed by atoms with Gasteiger partial charge in [-0.25, -0.2) is 0 Å². The third-order valence-electron chi connectivity index (χ3n) is 4.47. The van der Waals surface area contributed by atoms with Gasteiger partial charge in [-0.2, -0.15) is 0 Å². The quantitative estimate of drug-likeness (QED) is 0.506. The van der Waals surface area contributed by atoms with Gasteiger partial charge in [0, 0.05) is 50.1 Å². The van der Waals surface area contributed by atoms with Crippen LogP contribution in [0.25, 0.3) is 10.6 Å². The molecule has 27 heavy (non-hydrogen) atoms. The van der Waals surface area contributed by atoms with E-state index in [-0.39, 0.29) is 11.6 Å². The number of anilines is 1. The number of piperazine rings is 1. The van der Waals surface area contributed by atoms with Crippen molar-refractivity contribution in [1.29, 1.82) is 0 Å². The zero-order chi connectivity index (χ0) is 18.8. The molecule has 0 atom stereocenters. The number of hydrogen-bond acceptors (Lipinski definition) is 7. The van der Waals surface area contributed by atoms with Gasteiger partial charge in [-0.1, -0.05) is 17.3 Å². The maximum atomic E-state index is 12.7. The van der Waals surface area contributed by atoms with E-state index in [2.05, 4.69) is 5.16 Å². The summed E-state index contributed by atoms with van der Waals surface area (Å²) in [7, 11) is 0. The Kier molecular flexibility index (Phi) is 4.59. The first kappa shape index (κ1) is 17.2. The number of benzene rings is 1. The molecule has 1 aliphatic heterocycles. The standard InChI is InChI=1S/C18H16N4O4S/c23-18(15-12-16(26-19-15)17-5-2-10-27-17)21-8-6-20(7-9-21)13-3-1-4-14(11-13)22(24)25/h1-5,10-12H,6-9H2. The summed E-state index contributed by atoms with van der Waals surface area (Å²) in [5, 5.41) is 16.8. The van der Waals surface area contributed by atoms with E-state index >= 15 is 0 Å². The first-order valence-corrected chi connectivity index (χ1v) is 9.29. The molecule has 0 radical (unpaired) electrons. The van der Waals surface area contributed by atoms with Crippen LogP contribution in [0.5, 0.6) is 0 Å². The second kappa shape index (κ2) is 7.20. The molecule has 0 bridgehead atoms. The van der Waals surface area contributed by atoms with Crippen molar-refractivity contribution in [3.63, 3.8) is 0 Å². The summed E-state index contributed by atoms with van der Waals surface area (Å²) in [6.45, 7) is 2.23. The van der Waals surface area contributed by atoms with Crippen molar-refractivity contribution >= 4 is 28.6 Å². The monoisotopic (exact) mass is 384 g/mol. The number of nitro groups is 1. The molecule has 1 aromatic carbocycles. The topological polar surface area (TPSA) is 92.7 Å². The van der Waals surface area contributed by atoms with Gasteiger partial charge in [0.1, 0.15) is 0 Å². The minimum atomic E-state index is -0.404. The Morgan fingerprint density at radius 3 is 2.67 bits per heavy atom. The molecule has 1 fully saturated rings. The third kappa shape index (κ3) is 3.54. The van der Waals surface area contributed by atoms with Crippen molar-refractivity contribution in [3.05, 3.63) is 63.7 Å². The first-order chi connectivity index (χ1) is 13.1. The molecule has 138 valence electrons. The Bertz CT molecular complexity index is 961. The normalized spacial score (nSPS) is 14.4. The van der Waals surface area contributed by atoms with Gasteiger partial charge >= 0.3 is 0 Å². The summed E-state index contributed by atoms with van der Waals surface area (Å²) in [6, 6.07) is 12.0. The van der Waals surface area contributed by atoms with Crippen molar-refractivity contribution in [3.8, 4) is 10.6 Å². The molecule has 3 aromatic rings. The maximum Gasteiger partial charge on any atom is 0.276 e. The number of aromatic nitrogens is 1. The highest BCUT2D eigenvalue weighted by atomic mass is 32.1. The van der Waals surface area contributed by atoms with Crippen molar-refractivity contribution in [2.75, 3.05) is 31.1 Å². The van der Waals surface area contributed by atoms with Crippen molar-refractivity contribution < 1.29 is 14.2 Å². The van der Waals surface area contributed by atoms with E-state index in [1.807, 2.05) is 28.5 Å². The average Bonchev–Trinajstić information content (AvgIpc) is 3.39. The molecule has 1 saturated heterocycles. The Morgan fingerprint density at radius 1 is 1.15 bits per heavy atom. The minimum absolute atomic E-state index is 0.0645. The second-order valence-electron chi connectivity index (χ2n) is 6.11. The van der Waals surface area contributed by atoms with E-state index in [0.29, 0.717) is 37.6 Å². The van der Waals surface area contributed by atoms with E-state index in [1.165, 1.54) is 17.4 Å². The zero-order valence-electron chi connectivity index (χ0n) is 14.3. The number of thiophene rings is 1. The van der Waals surface area contributed by atoms with E-state index in [1.54, 1.807) is 23.1 Å². The largest absolute Gasteiger partial charge is 0.368 e. The molecule has 3 heterocycles. The van der Waals surface area contributed by atoms with Crippen LogP contribution in [0.15, 0.2) is 52.4 Å². The molecule has 0 saturated carbocycles. The number of nitro benzene ring substituents is 1. The Labute approximate surface area is 158 Å². The van der Waals surface area contributed by atoms with Crippen LogP contribution in [0, 0.1) is 10.1 Å². The first-order valence-electron chi connectivity index (χ1n) is 8.41. The van der Waals surface area contributed by atoms with Crippen LogP contribution < -0.4 is 4.90 Å². The number of carbonyl (C=O) groups excluding carboxylic acids is 1. The van der Waals surface area contributed by atoms with E-state index in [0.717, 1.165) is 10.6 Å². The predicted molar refractivity (Wildman–Crippen MR) is 101 cm³/mol. The van der Waals surface area contributed by atoms with Gasteiger partial charge in [-0.05, 0) is 17.5 Å². The molecule has 0 unspecified atom stereocenters. The zero-order valence-corrected chi connectivity index (χ0v) is 15.1. The fourth-order valence-electron chi connectivity index (χ4n) is 3.04. The van der Waals surface area contributed by atoms with E-state index < -0.39 is 4.92 Å². The lowest BCUT2D eigenvalue weighted by molar-refractivity contribution is -0.384. The van der Waals surface area contributed by atoms with Crippen LogP contribution in [0.2, 0.25) is 0 Å². The van der Waals surface area contributed by atoms with E-state index in [9.17, 15) is 14.9 Å². The van der Waals surface area contributed by atoms with Crippen molar-refractivity contribution in [1.82, 2.24) is 10.1 Å². The highest BCUT2D eigenvalue weighted by Gasteiger charge is 2.25. The Balaban J connectivity index is 1.41. The fourth-order valence-corrected chi connectivity index (χ4v) is 3.72. The van der Waals surface area contributed by atoms with Gasteiger partial charge in [0.2, 0.25) is 0 Å². The molecular weight excluding hydrogens is 368 g/mol. The third-order valence-corrected chi connectivity index (χ3v) is 5.35. The lowest BCUT2D eigenvalue weighted by atomic mass is 10.2. The lowest BCUT2D eigenvalue weighted by Crippen LogP contribution is -2.48. The number of nitrogens with zero attached hydrogens (tertiary/aromatic N) is 4. The molecular formula is C18H16N4O4S. The summed E-state index contributed by atoms with van der Waals surface area (Å²) >= 11 is 1.52. The predicted octanol–water partition coefficient (Wildman–Crippen LogP) is 3.27. The molecule has 9 heteroatoms. The van der Waals surface area contributed by atoms with Crippen LogP contribution >= 0.6 is 11.3 Å². The Morgan fingerprint density at radius 2 is 1.96 bits per heavy atom. The molecule has 4 rings (SSSR count). The highest BCUT2D eigenvalue weighted by molar-refractivity contribution is 7.13. The SMILES string of the molecule is O=C(c1cc(-c2cccs2)on1)N1CCN(c2cccc([N+](=O)[O-])c2)CC1. The van der Waals surface area contributed by atoms with Crippen LogP contribution in [0.3, 0.4) is 0 Å². The number of carbonyl (C=O) groups is 1. The molecule has 0 N–H and O–H groups in total. The summed E-state index contributed by atoms with van der Waals surface area (Å²) < 4.78 is 5.29. The smallest absolute Gasteiger partial charge is 0.276 e. The second-order valence-corrected chi connectivity index (χ2v) is 7.06. The molecule has 8 nitrogen and oxygen atoms in total. The van der Waals surface area contributed by atoms with Gasteiger partial charge < -0.3 is 14.3 Å². The van der Waals surface area contributed by atoms with E-state index in [4.69, 9.17) is 4.52 Å². The highest BCUT2D eigenvalue weighted by Crippen LogP contribution is 2.26. The van der Waals surface area contributed by atoms with Crippen LogP contribution in [0.1, 0.15) is 10.5 Å². The lowest BCUT2D eigenvalue weighted by Gasteiger charge is -2.35. The van der Waals surface area contributed by atoms with Crippen molar-refractivity contribution in [2.24, 2.45) is 0 Å². The Hall–Kier alpha value is -3.20. The molecule has 2 aromatic heterocycles. The summed E-state index contributed by atoms with van der Waals surface area (Å²) in [5.74, 6) is 0.420. The van der Waals surface area contributed by atoms with Gasteiger partial charge in [0.05, 0.1) is 9.80 Å². The minimum Gasteiger partial charge on any atom is -0.368 e. The molecule has 0 spiro atoms. The summed E-state index contributed by atoms with van der Waals surface area (Å²) in [4.78, 5) is 27.9. The maximum absolute atomic E-state index is 12.7. The number of amides is 1. The van der Waals surface area contributed by atoms with Crippen LogP contribution in [-0.4, -0.2) is 47.1 Å². The number of rotatable bonds is 4.